The maximum Gasteiger partial charge on any atom is 0.229 e. The first kappa shape index (κ1) is 21.3. The van der Waals surface area contributed by atoms with Gasteiger partial charge in [0.15, 0.2) is 5.43 Å². The Labute approximate surface area is 176 Å². The van der Waals surface area contributed by atoms with E-state index in [-0.39, 0.29) is 16.8 Å². The van der Waals surface area contributed by atoms with E-state index >= 15 is 0 Å². The molecule has 4 rings (SSSR count). The number of aliphatic hydroxyl groups is 4. The lowest BCUT2D eigenvalue weighted by atomic mass is 9.99. The summed E-state index contributed by atoms with van der Waals surface area (Å²) in [4.78, 5) is 12.9. The van der Waals surface area contributed by atoms with Gasteiger partial charge in [0.05, 0.1) is 24.7 Å². The van der Waals surface area contributed by atoms with Crippen LogP contribution in [0.2, 0.25) is 0 Å². The number of ether oxygens (including phenoxy) is 3. The van der Waals surface area contributed by atoms with E-state index in [4.69, 9.17) is 18.6 Å². The third kappa shape index (κ3) is 4.01. The maximum absolute atomic E-state index is 12.9. The maximum atomic E-state index is 12.9. The van der Waals surface area contributed by atoms with Crippen molar-refractivity contribution in [3.63, 3.8) is 0 Å². The van der Waals surface area contributed by atoms with Crippen molar-refractivity contribution in [2.45, 2.75) is 30.7 Å². The van der Waals surface area contributed by atoms with Crippen LogP contribution < -0.4 is 14.9 Å². The van der Waals surface area contributed by atoms with Crippen LogP contribution in [0.25, 0.3) is 22.1 Å². The van der Waals surface area contributed by atoms with Crippen molar-refractivity contribution in [2.75, 3.05) is 13.7 Å². The second-order valence-electron chi connectivity index (χ2n) is 7.18. The molecule has 31 heavy (non-hydrogen) atoms. The van der Waals surface area contributed by atoms with Gasteiger partial charge in [0, 0.05) is 6.07 Å². The SMILES string of the molecule is COc1ccc(-c2coc3cc(OC4O[C@H](CO)[C@@H](O)[C@H](O)[C@H]4O)ccc3c2=O)cc1. The molecule has 2 heterocycles. The quantitative estimate of drug-likeness (QED) is 0.459. The van der Waals surface area contributed by atoms with Gasteiger partial charge in [-0.25, -0.2) is 0 Å². The van der Waals surface area contributed by atoms with E-state index in [1.54, 1.807) is 31.4 Å². The molecule has 0 radical (unpaired) electrons. The van der Waals surface area contributed by atoms with Crippen molar-refractivity contribution in [1.29, 1.82) is 0 Å². The van der Waals surface area contributed by atoms with E-state index in [0.29, 0.717) is 22.3 Å². The predicted molar refractivity (Wildman–Crippen MR) is 109 cm³/mol. The molecule has 9 nitrogen and oxygen atoms in total. The van der Waals surface area contributed by atoms with Crippen LogP contribution in [0.15, 0.2) is 57.9 Å². The van der Waals surface area contributed by atoms with Gasteiger partial charge in [-0.3, -0.25) is 4.79 Å². The molecular formula is C22H22O9. The van der Waals surface area contributed by atoms with Crippen molar-refractivity contribution < 1.29 is 39.1 Å². The number of hydrogen-bond donors (Lipinski definition) is 4. The van der Waals surface area contributed by atoms with Crippen LogP contribution >= 0.6 is 0 Å². The molecule has 164 valence electrons. The molecule has 1 unspecified atom stereocenters. The van der Waals surface area contributed by atoms with Crippen LogP contribution in [0, 0.1) is 0 Å². The van der Waals surface area contributed by atoms with E-state index in [1.807, 2.05) is 0 Å². The van der Waals surface area contributed by atoms with Crippen molar-refractivity contribution in [3.8, 4) is 22.6 Å². The highest BCUT2D eigenvalue weighted by Gasteiger charge is 2.44. The highest BCUT2D eigenvalue weighted by molar-refractivity contribution is 5.82. The first-order chi connectivity index (χ1) is 14.9. The van der Waals surface area contributed by atoms with E-state index in [2.05, 4.69) is 0 Å². The van der Waals surface area contributed by atoms with E-state index in [0.717, 1.165) is 0 Å². The molecule has 4 N–H and O–H groups in total. The van der Waals surface area contributed by atoms with Crippen LogP contribution in [0.1, 0.15) is 0 Å². The Kier molecular flexibility index (Phi) is 5.94. The molecule has 1 saturated heterocycles. The minimum atomic E-state index is -1.55. The molecular weight excluding hydrogens is 408 g/mol. The standard InChI is InChI=1S/C22H22O9/c1-28-12-4-2-11(3-5-12)15-10-29-16-8-13(6-7-14(16)18(15)24)30-22-21(27)20(26)19(25)17(9-23)31-22/h2-8,10,17,19-23,25-27H,9H2,1H3/t17-,19-,20+,21-,22?/m1/s1. The molecule has 0 bridgehead atoms. The van der Waals surface area contributed by atoms with Crippen molar-refractivity contribution in [1.82, 2.24) is 0 Å². The molecule has 1 aliphatic rings. The first-order valence-electron chi connectivity index (χ1n) is 9.60. The Morgan fingerprint density at radius 3 is 2.35 bits per heavy atom. The van der Waals surface area contributed by atoms with E-state index in [9.17, 15) is 25.2 Å². The molecule has 0 aliphatic carbocycles. The minimum Gasteiger partial charge on any atom is -0.497 e. The van der Waals surface area contributed by atoms with Gasteiger partial charge in [0.2, 0.25) is 6.29 Å². The number of benzene rings is 2. The van der Waals surface area contributed by atoms with Gasteiger partial charge < -0.3 is 39.1 Å². The minimum absolute atomic E-state index is 0.206. The van der Waals surface area contributed by atoms with Crippen LogP contribution in [0.5, 0.6) is 11.5 Å². The molecule has 0 saturated carbocycles. The van der Waals surface area contributed by atoms with Gasteiger partial charge in [-0.1, -0.05) is 12.1 Å². The van der Waals surface area contributed by atoms with Crippen LogP contribution in [-0.4, -0.2) is 64.8 Å². The fourth-order valence-electron chi connectivity index (χ4n) is 3.45. The normalized spacial score (nSPS) is 26.0. The number of hydrogen-bond acceptors (Lipinski definition) is 9. The summed E-state index contributed by atoms with van der Waals surface area (Å²) in [5, 5.41) is 39.5. The van der Waals surface area contributed by atoms with Gasteiger partial charge in [-0.05, 0) is 29.8 Å². The van der Waals surface area contributed by atoms with Crippen molar-refractivity contribution >= 4 is 11.0 Å². The summed E-state index contributed by atoms with van der Waals surface area (Å²) in [6.07, 6.45) is -5.65. The van der Waals surface area contributed by atoms with Crippen LogP contribution in [0.3, 0.4) is 0 Å². The zero-order chi connectivity index (χ0) is 22.1. The monoisotopic (exact) mass is 430 g/mol. The molecule has 5 atom stereocenters. The second kappa shape index (κ2) is 8.66. The Balaban J connectivity index is 1.61. The second-order valence-corrected chi connectivity index (χ2v) is 7.18. The molecule has 1 aromatic heterocycles. The van der Waals surface area contributed by atoms with Crippen molar-refractivity contribution in [3.05, 3.63) is 59.0 Å². The lowest BCUT2D eigenvalue weighted by molar-refractivity contribution is -0.277. The fraction of sp³-hybridized carbons (Fsp3) is 0.318. The average Bonchev–Trinajstić information content (AvgIpc) is 2.80. The molecule has 0 amide bonds. The third-order valence-electron chi connectivity index (χ3n) is 5.25. The van der Waals surface area contributed by atoms with Gasteiger partial charge >= 0.3 is 0 Å². The molecule has 1 fully saturated rings. The Morgan fingerprint density at radius 2 is 1.68 bits per heavy atom. The number of methoxy groups -OCH3 is 1. The number of rotatable bonds is 5. The molecule has 3 aromatic rings. The summed E-state index contributed by atoms with van der Waals surface area (Å²) < 4.78 is 21.7. The molecule has 2 aromatic carbocycles. The van der Waals surface area contributed by atoms with Gasteiger partial charge in [0.1, 0.15) is 47.8 Å². The van der Waals surface area contributed by atoms with Crippen LogP contribution in [-0.2, 0) is 4.74 Å². The molecule has 9 heteroatoms. The zero-order valence-electron chi connectivity index (χ0n) is 16.5. The van der Waals surface area contributed by atoms with Gasteiger partial charge in [0.25, 0.3) is 0 Å². The Morgan fingerprint density at radius 1 is 0.968 bits per heavy atom. The summed E-state index contributed by atoms with van der Waals surface area (Å²) in [7, 11) is 1.56. The summed E-state index contributed by atoms with van der Waals surface area (Å²) in [5.74, 6) is 0.876. The Bertz CT molecular complexity index is 1110. The van der Waals surface area contributed by atoms with E-state index < -0.39 is 37.3 Å². The fourth-order valence-corrected chi connectivity index (χ4v) is 3.45. The topological polar surface area (TPSA) is 139 Å². The third-order valence-corrected chi connectivity index (χ3v) is 5.25. The lowest BCUT2D eigenvalue weighted by Crippen LogP contribution is -2.60. The lowest BCUT2D eigenvalue weighted by Gasteiger charge is -2.39. The largest absolute Gasteiger partial charge is 0.497 e. The Hall–Kier alpha value is -2.95. The summed E-state index contributed by atoms with van der Waals surface area (Å²) in [6, 6.07) is 11.5. The van der Waals surface area contributed by atoms with Crippen molar-refractivity contribution in [2.24, 2.45) is 0 Å². The molecule has 0 spiro atoms. The predicted octanol–water partition coefficient (Wildman–Crippen LogP) is 0.647. The first-order valence-corrected chi connectivity index (χ1v) is 9.60. The van der Waals surface area contributed by atoms with Gasteiger partial charge in [-0.2, -0.15) is 0 Å². The number of aliphatic hydroxyl groups excluding tert-OH is 4. The summed E-state index contributed by atoms with van der Waals surface area (Å²) in [5.41, 5.74) is 1.09. The van der Waals surface area contributed by atoms with E-state index in [1.165, 1.54) is 24.5 Å². The highest BCUT2D eigenvalue weighted by atomic mass is 16.7. The summed E-state index contributed by atoms with van der Waals surface area (Å²) in [6.45, 7) is -0.564. The summed E-state index contributed by atoms with van der Waals surface area (Å²) >= 11 is 0. The van der Waals surface area contributed by atoms with Crippen LogP contribution in [0.4, 0.5) is 0 Å². The van der Waals surface area contributed by atoms with Gasteiger partial charge in [-0.15, -0.1) is 0 Å². The molecule has 1 aliphatic heterocycles. The highest BCUT2D eigenvalue weighted by Crippen LogP contribution is 2.28. The zero-order valence-corrected chi connectivity index (χ0v) is 16.5. The average molecular weight is 430 g/mol. The number of fused-ring (bicyclic) bond motifs is 1. The smallest absolute Gasteiger partial charge is 0.229 e.